The highest BCUT2D eigenvalue weighted by molar-refractivity contribution is 7.09. The largest absolute Gasteiger partial charge is 0.467 e. The van der Waals surface area contributed by atoms with Crippen molar-refractivity contribution < 1.29 is 14.0 Å². The SMILES string of the molecule is CC(CC(=O)N(Cc1ccco1)Cc1cccs1)NC(=O)c1ccccc1. The van der Waals surface area contributed by atoms with E-state index in [1.807, 2.05) is 54.8 Å². The fourth-order valence-corrected chi connectivity index (χ4v) is 3.47. The van der Waals surface area contributed by atoms with Crippen LogP contribution < -0.4 is 5.32 Å². The number of hydrogen-bond donors (Lipinski definition) is 1. The molecule has 0 bridgehead atoms. The summed E-state index contributed by atoms with van der Waals surface area (Å²) in [6.07, 6.45) is 1.83. The molecule has 0 aliphatic carbocycles. The van der Waals surface area contributed by atoms with Crippen molar-refractivity contribution in [3.05, 3.63) is 82.4 Å². The van der Waals surface area contributed by atoms with Crippen LogP contribution in [-0.2, 0) is 17.9 Å². The minimum atomic E-state index is -0.271. The molecule has 3 aromatic rings. The zero-order valence-corrected chi connectivity index (χ0v) is 15.9. The third-order valence-electron chi connectivity index (χ3n) is 4.10. The van der Waals surface area contributed by atoms with Crippen LogP contribution in [0.1, 0.15) is 34.3 Å². The van der Waals surface area contributed by atoms with E-state index >= 15 is 0 Å². The topological polar surface area (TPSA) is 62.6 Å². The molecule has 2 aromatic heterocycles. The lowest BCUT2D eigenvalue weighted by molar-refractivity contribution is -0.133. The van der Waals surface area contributed by atoms with Crippen LogP contribution in [0.15, 0.2) is 70.7 Å². The van der Waals surface area contributed by atoms with Crippen molar-refractivity contribution in [2.75, 3.05) is 0 Å². The Kier molecular flexibility index (Phi) is 6.44. The molecular formula is C21H22N2O3S. The summed E-state index contributed by atoms with van der Waals surface area (Å²) in [5.74, 6) is 0.535. The van der Waals surface area contributed by atoms with E-state index in [4.69, 9.17) is 4.42 Å². The zero-order chi connectivity index (χ0) is 19.1. The van der Waals surface area contributed by atoms with Gasteiger partial charge in [-0.05, 0) is 42.6 Å². The number of thiophene rings is 1. The smallest absolute Gasteiger partial charge is 0.251 e. The van der Waals surface area contributed by atoms with Crippen LogP contribution in [0.5, 0.6) is 0 Å². The maximum absolute atomic E-state index is 12.9. The molecule has 5 nitrogen and oxygen atoms in total. The van der Waals surface area contributed by atoms with E-state index in [1.165, 1.54) is 0 Å². The first-order valence-electron chi connectivity index (χ1n) is 8.80. The van der Waals surface area contributed by atoms with Crippen LogP contribution in [0.25, 0.3) is 0 Å². The molecule has 0 radical (unpaired) electrons. The maximum Gasteiger partial charge on any atom is 0.251 e. The predicted molar refractivity (Wildman–Crippen MR) is 105 cm³/mol. The molecule has 2 heterocycles. The monoisotopic (exact) mass is 382 g/mol. The van der Waals surface area contributed by atoms with Crippen LogP contribution in [0.3, 0.4) is 0 Å². The number of carbonyl (C=O) groups excluding carboxylic acids is 2. The van der Waals surface area contributed by atoms with Gasteiger partial charge in [-0.25, -0.2) is 0 Å². The van der Waals surface area contributed by atoms with E-state index in [1.54, 1.807) is 34.6 Å². The Balaban J connectivity index is 1.61. The molecule has 1 unspecified atom stereocenters. The number of carbonyl (C=O) groups is 2. The molecule has 1 atom stereocenters. The van der Waals surface area contributed by atoms with Gasteiger partial charge >= 0.3 is 0 Å². The Hall–Kier alpha value is -2.86. The number of nitrogens with one attached hydrogen (secondary N) is 1. The lowest BCUT2D eigenvalue weighted by atomic mass is 10.1. The molecule has 140 valence electrons. The molecule has 27 heavy (non-hydrogen) atoms. The predicted octanol–water partition coefficient (Wildman–Crippen LogP) is 4.08. The second-order valence-electron chi connectivity index (χ2n) is 6.35. The average molecular weight is 382 g/mol. The highest BCUT2D eigenvalue weighted by Crippen LogP contribution is 2.16. The highest BCUT2D eigenvalue weighted by Gasteiger charge is 2.20. The number of rotatable bonds is 8. The van der Waals surface area contributed by atoms with E-state index in [-0.39, 0.29) is 24.3 Å². The fourth-order valence-electron chi connectivity index (χ4n) is 2.75. The first kappa shape index (κ1) is 18.9. The Morgan fingerprint density at radius 1 is 1.07 bits per heavy atom. The lowest BCUT2D eigenvalue weighted by Crippen LogP contribution is -2.38. The van der Waals surface area contributed by atoms with Gasteiger partial charge in [0.05, 0.1) is 19.4 Å². The van der Waals surface area contributed by atoms with Crippen molar-refractivity contribution in [1.29, 1.82) is 0 Å². The molecule has 0 aliphatic rings. The van der Waals surface area contributed by atoms with E-state index in [0.29, 0.717) is 18.7 Å². The fraction of sp³-hybridized carbons (Fsp3) is 0.238. The second kappa shape index (κ2) is 9.19. The van der Waals surface area contributed by atoms with E-state index < -0.39 is 0 Å². The van der Waals surface area contributed by atoms with Gasteiger partial charge in [0.25, 0.3) is 5.91 Å². The second-order valence-corrected chi connectivity index (χ2v) is 7.39. The molecule has 0 spiro atoms. The Bertz CT molecular complexity index is 809. The molecular weight excluding hydrogens is 360 g/mol. The maximum atomic E-state index is 12.9. The molecule has 3 rings (SSSR count). The van der Waals surface area contributed by atoms with Crippen molar-refractivity contribution in [3.8, 4) is 0 Å². The van der Waals surface area contributed by atoms with Gasteiger partial charge in [0.1, 0.15) is 5.76 Å². The molecule has 0 aliphatic heterocycles. The number of hydrogen-bond acceptors (Lipinski definition) is 4. The van der Waals surface area contributed by atoms with Crippen molar-refractivity contribution in [3.63, 3.8) is 0 Å². The Labute approximate surface area is 162 Å². The van der Waals surface area contributed by atoms with Gasteiger partial charge in [-0.3, -0.25) is 9.59 Å². The third-order valence-corrected chi connectivity index (χ3v) is 4.96. The van der Waals surface area contributed by atoms with Gasteiger partial charge < -0.3 is 14.6 Å². The first-order chi connectivity index (χ1) is 13.1. The summed E-state index contributed by atoms with van der Waals surface area (Å²) in [4.78, 5) is 28.0. The third kappa shape index (κ3) is 5.56. The normalized spacial score (nSPS) is 11.7. The van der Waals surface area contributed by atoms with Crippen molar-refractivity contribution >= 4 is 23.2 Å². The lowest BCUT2D eigenvalue weighted by Gasteiger charge is -2.23. The minimum Gasteiger partial charge on any atom is -0.467 e. The number of nitrogens with zero attached hydrogens (tertiary/aromatic N) is 1. The molecule has 0 saturated heterocycles. The van der Waals surface area contributed by atoms with Crippen LogP contribution in [-0.4, -0.2) is 22.8 Å². The van der Waals surface area contributed by atoms with Gasteiger partial charge in [0.15, 0.2) is 0 Å². The summed E-state index contributed by atoms with van der Waals surface area (Å²) in [6.45, 7) is 2.77. The van der Waals surface area contributed by atoms with Crippen LogP contribution in [0.2, 0.25) is 0 Å². The van der Waals surface area contributed by atoms with Crippen molar-refractivity contribution in [1.82, 2.24) is 10.2 Å². The summed E-state index contributed by atoms with van der Waals surface area (Å²) < 4.78 is 5.40. The number of benzene rings is 1. The minimum absolute atomic E-state index is 0.0272. The number of amides is 2. The number of furan rings is 1. The zero-order valence-electron chi connectivity index (χ0n) is 15.1. The van der Waals surface area contributed by atoms with Gasteiger partial charge in [0, 0.05) is 22.9 Å². The summed E-state index contributed by atoms with van der Waals surface area (Å²) in [5.41, 5.74) is 0.586. The summed E-state index contributed by atoms with van der Waals surface area (Å²) in [5, 5.41) is 4.89. The van der Waals surface area contributed by atoms with Gasteiger partial charge in [0.2, 0.25) is 5.91 Å². The molecule has 0 fully saturated rings. The highest BCUT2D eigenvalue weighted by atomic mass is 32.1. The van der Waals surface area contributed by atoms with Crippen molar-refractivity contribution in [2.45, 2.75) is 32.5 Å². The molecule has 1 N–H and O–H groups in total. The molecule has 0 saturated carbocycles. The summed E-state index contributed by atoms with van der Waals surface area (Å²) >= 11 is 1.61. The van der Waals surface area contributed by atoms with E-state index in [0.717, 1.165) is 10.6 Å². The summed E-state index contributed by atoms with van der Waals surface area (Å²) in [6, 6.07) is 16.4. The molecule has 2 amide bonds. The quantitative estimate of drug-likeness (QED) is 0.639. The van der Waals surface area contributed by atoms with Gasteiger partial charge in [-0.1, -0.05) is 24.3 Å². The Morgan fingerprint density at radius 2 is 1.89 bits per heavy atom. The average Bonchev–Trinajstić information content (AvgIpc) is 3.36. The van der Waals surface area contributed by atoms with E-state index in [9.17, 15) is 9.59 Å². The van der Waals surface area contributed by atoms with Crippen LogP contribution >= 0.6 is 11.3 Å². The Morgan fingerprint density at radius 3 is 2.56 bits per heavy atom. The van der Waals surface area contributed by atoms with E-state index in [2.05, 4.69) is 5.32 Å². The molecule has 6 heteroatoms. The van der Waals surface area contributed by atoms with Crippen LogP contribution in [0, 0.1) is 0 Å². The van der Waals surface area contributed by atoms with Crippen molar-refractivity contribution in [2.24, 2.45) is 0 Å². The standard InChI is InChI=1S/C21H22N2O3S/c1-16(22-21(25)17-7-3-2-4-8-17)13-20(24)23(14-18-9-5-11-26-18)15-19-10-6-12-27-19/h2-12,16H,13-15H2,1H3,(H,22,25). The van der Waals surface area contributed by atoms with Gasteiger partial charge in [-0.2, -0.15) is 0 Å². The van der Waals surface area contributed by atoms with Crippen LogP contribution in [0.4, 0.5) is 0 Å². The first-order valence-corrected chi connectivity index (χ1v) is 9.68. The molecule has 1 aromatic carbocycles. The summed E-state index contributed by atoms with van der Waals surface area (Å²) in [7, 11) is 0. The van der Waals surface area contributed by atoms with Gasteiger partial charge in [-0.15, -0.1) is 11.3 Å².